The van der Waals surface area contributed by atoms with Crippen LogP contribution in [0.4, 0.5) is 5.69 Å². The number of amides is 1. The summed E-state index contributed by atoms with van der Waals surface area (Å²) in [4.78, 5) is 17.5. The molecule has 4 rings (SSSR count). The molecule has 4 nitrogen and oxygen atoms in total. The third-order valence-electron chi connectivity index (χ3n) is 4.42. The number of ether oxygens (including phenoxy) is 1. The Morgan fingerprint density at radius 3 is 2.42 bits per heavy atom. The average Bonchev–Trinajstić information content (AvgIpc) is 3.10. The van der Waals surface area contributed by atoms with Crippen LogP contribution in [0.15, 0.2) is 64.5 Å². The number of nitrogens with zero attached hydrogens (tertiary/aromatic N) is 1. The minimum atomic E-state index is -0.207. The largest absolute Gasteiger partial charge is 0.487 e. The molecule has 0 spiro atoms. The third-order valence-corrected chi connectivity index (χ3v) is 8.46. The number of nitrogens with one attached hydrogen (secondary N) is 1. The second-order valence-electron chi connectivity index (χ2n) is 6.78. The first-order valence-corrected chi connectivity index (χ1v) is 14.2. The number of aliphatic imine (C=N–C) groups is 1. The summed E-state index contributed by atoms with van der Waals surface area (Å²) in [6.07, 6.45) is 1.84. The molecule has 1 aliphatic heterocycles. The molecule has 0 radical (unpaired) electrons. The molecule has 1 heterocycles. The van der Waals surface area contributed by atoms with Crippen LogP contribution in [0.1, 0.15) is 11.1 Å². The van der Waals surface area contributed by atoms with Crippen LogP contribution in [0.3, 0.4) is 0 Å². The van der Waals surface area contributed by atoms with Gasteiger partial charge in [-0.05, 0) is 133 Å². The molecule has 33 heavy (non-hydrogen) atoms. The Balaban J connectivity index is 1.51. The molecular weight excluding hydrogens is 820 g/mol. The van der Waals surface area contributed by atoms with Crippen molar-refractivity contribution in [2.75, 3.05) is 0 Å². The number of rotatable bonds is 5. The van der Waals surface area contributed by atoms with E-state index in [0.29, 0.717) is 32.4 Å². The van der Waals surface area contributed by atoms with Crippen molar-refractivity contribution in [2.45, 2.75) is 6.61 Å². The van der Waals surface area contributed by atoms with Crippen molar-refractivity contribution in [3.63, 3.8) is 0 Å². The van der Waals surface area contributed by atoms with Gasteiger partial charge in [0.05, 0.1) is 27.8 Å². The second-order valence-corrected chi connectivity index (χ2v) is 12.2. The summed E-state index contributed by atoms with van der Waals surface area (Å²) in [6, 6.07) is 17.4. The van der Waals surface area contributed by atoms with E-state index < -0.39 is 0 Å². The molecule has 1 amide bonds. The highest BCUT2D eigenvalue weighted by Crippen LogP contribution is 2.35. The van der Waals surface area contributed by atoms with Gasteiger partial charge in [-0.2, -0.15) is 0 Å². The van der Waals surface area contributed by atoms with Crippen LogP contribution >= 0.6 is 103 Å². The highest BCUT2D eigenvalue weighted by atomic mass is 127. The van der Waals surface area contributed by atoms with Gasteiger partial charge in [0.2, 0.25) is 0 Å². The lowest BCUT2D eigenvalue weighted by atomic mass is 10.2. The van der Waals surface area contributed by atoms with E-state index in [9.17, 15) is 4.79 Å². The lowest BCUT2D eigenvalue weighted by Gasteiger charge is -2.12. The van der Waals surface area contributed by atoms with Crippen molar-refractivity contribution in [1.29, 1.82) is 0 Å². The molecule has 168 valence electrons. The summed E-state index contributed by atoms with van der Waals surface area (Å²) in [7, 11) is 0. The Morgan fingerprint density at radius 2 is 1.73 bits per heavy atom. The lowest BCUT2D eigenvalue weighted by molar-refractivity contribution is -0.115. The van der Waals surface area contributed by atoms with Crippen molar-refractivity contribution >= 4 is 126 Å². The van der Waals surface area contributed by atoms with Crippen LogP contribution in [0, 0.1) is 10.7 Å². The lowest BCUT2D eigenvalue weighted by Crippen LogP contribution is -2.19. The van der Waals surface area contributed by atoms with Crippen molar-refractivity contribution in [2.24, 2.45) is 4.99 Å². The van der Waals surface area contributed by atoms with Gasteiger partial charge in [0.15, 0.2) is 5.17 Å². The van der Waals surface area contributed by atoms with E-state index in [1.807, 2.05) is 18.2 Å². The van der Waals surface area contributed by atoms with Gasteiger partial charge in [0.25, 0.3) is 5.91 Å². The SMILES string of the molecule is O=C1NC(=Nc2cccc(Cl)c2Cl)S/C1=C/c1cc(I)c(OCc2ccc(I)cc2)c(I)c1. The molecule has 1 fully saturated rings. The van der Waals surface area contributed by atoms with Crippen molar-refractivity contribution < 1.29 is 9.53 Å². The Labute approximate surface area is 246 Å². The maximum absolute atomic E-state index is 12.5. The van der Waals surface area contributed by atoms with Crippen molar-refractivity contribution in [3.05, 3.63) is 91.4 Å². The molecule has 3 aromatic carbocycles. The van der Waals surface area contributed by atoms with Crippen LogP contribution in [-0.4, -0.2) is 11.1 Å². The van der Waals surface area contributed by atoms with Crippen LogP contribution in [0.2, 0.25) is 10.0 Å². The zero-order chi connectivity index (χ0) is 23.5. The summed E-state index contributed by atoms with van der Waals surface area (Å²) < 4.78 is 9.21. The number of thioether (sulfide) groups is 1. The zero-order valence-corrected chi connectivity index (χ0v) is 25.3. The number of carbonyl (C=O) groups is 1. The van der Waals surface area contributed by atoms with Gasteiger partial charge in [-0.25, -0.2) is 4.99 Å². The van der Waals surface area contributed by atoms with E-state index in [-0.39, 0.29) is 5.91 Å². The monoisotopic (exact) mass is 832 g/mol. The summed E-state index contributed by atoms with van der Waals surface area (Å²) in [5.41, 5.74) is 2.52. The van der Waals surface area contributed by atoms with Crippen molar-refractivity contribution in [1.82, 2.24) is 5.32 Å². The molecule has 1 aliphatic rings. The zero-order valence-electron chi connectivity index (χ0n) is 16.5. The molecule has 1 N–H and O–H groups in total. The Morgan fingerprint density at radius 1 is 1.03 bits per heavy atom. The van der Waals surface area contributed by atoms with Crippen LogP contribution in [-0.2, 0) is 11.4 Å². The molecule has 0 unspecified atom stereocenters. The number of hydrogen-bond acceptors (Lipinski definition) is 4. The van der Waals surface area contributed by atoms with Gasteiger partial charge in [-0.15, -0.1) is 0 Å². The van der Waals surface area contributed by atoms with Gasteiger partial charge in [-0.1, -0.05) is 41.4 Å². The minimum absolute atomic E-state index is 0.207. The maximum atomic E-state index is 12.5. The first-order chi connectivity index (χ1) is 15.8. The molecular formula is C23H13Cl2I3N2O2S. The maximum Gasteiger partial charge on any atom is 0.264 e. The first kappa shape index (κ1) is 25.5. The van der Waals surface area contributed by atoms with E-state index in [1.165, 1.54) is 15.3 Å². The smallest absolute Gasteiger partial charge is 0.264 e. The molecule has 0 aromatic heterocycles. The minimum Gasteiger partial charge on any atom is -0.487 e. The number of halogens is 5. The predicted octanol–water partition coefficient (Wildman–Crippen LogP) is 8.28. The van der Waals surface area contributed by atoms with E-state index in [2.05, 4.69) is 102 Å². The molecule has 10 heteroatoms. The number of carbonyl (C=O) groups excluding carboxylic acids is 1. The fraction of sp³-hybridized carbons (Fsp3) is 0.0435. The number of hydrogen-bond donors (Lipinski definition) is 1. The van der Waals surface area contributed by atoms with Crippen molar-refractivity contribution in [3.8, 4) is 5.75 Å². The van der Waals surface area contributed by atoms with E-state index in [0.717, 1.165) is 24.0 Å². The van der Waals surface area contributed by atoms with Gasteiger partial charge in [-0.3, -0.25) is 4.79 Å². The predicted molar refractivity (Wildman–Crippen MR) is 163 cm³/mol. The Hall–Kier alpha value is -0.540. The summed E-state index contributed by atoms with van der Waals surface area (Å²) in [5, 5.41) is 4.00. The average molecular weight is 833 g/mol. The molecule has 0 saturated carbocycles. The molecule has 0 atom stereocenters. The van der Waals surface area contributed by atoms with E-state index >= 15 is 0 Å². The van der Waals surface area contributed by atoms with Gasteiger partial charge < -0.3 is 10.1 Å². The Kier molecular flexibility index (Phi) is 8.88. The molecule has 1 saturated heterocycles. The second kappa shape index (κ2) is 11.5. The summed E-state index contributed by atoms with van der Waals surface area (Å²) in [6.45, 7) is 0.494. The summed E-state index contributed by atoms with van der Waals surface area (Å²) >= 11 is 20.3. The highest BCUT2D eigenvalue weighted by Gasteiger charge is 2.24. The third kappa shape index (κ3) is 6.57. The summed E-state index contributed by atoms with van der Waals surface area (Å²) in [5.74, 6) is 0.624. The first-order valence-electron chi connectivity index (χ1n) is 9.40. The molecule has 0 aliphatic carbocycles. The Bertz CT molecular complexity index is 1270. The number of benzene rings is 3. The normalized spacial score (nSPS) is 15.8. The fourth-order valence-electron chi connectivity index (χ4n) is 2.86. The molecule has 0 bridgehead atoms. The fourth-order valence-corrected chi connectivity index (χ4v) is 6.52. The number of amidine groups is 1. The van der Waals surface area contributed by atoms with Gasteiger partial charge in [0, 0.05) is 3.57 Å². The van der Waals surface area contributed by atoms with E-state index in [1.54, 1.807) is 18.2 Å². The van der Waals surface area contributed by atoms with Crippen LogP contribution in [0.5, 0.6) is 5.75 Å². The topological polar surface area (TPSA) is 50.7 Å². The van der Waals surface area contributed by atoms with Crippen LogP contribution < -0.4 is 10.1 Å². The highest BCUT2D eigenvalue weighted by molar-refractivity contribution is 14.1. The molecule has 3 aromatic rings. The van der Waals surface area contributed by atoms with Gasteiger partial charge >= 0.3 is 0 Å². The quantitative estimate of drug-likeness (QED) is 0.208. The van der Waals surface area contributed by atoms with Crippen LogP contribution in [0.25, 0.3) is 6.08 Å². The standard InChI is InChI=1S/C23H13Cl2I3N2O2S/c24-15-2-1-3-18(20(15)25)29-23-30-22(31)19(33-23)10-13-8-16(27)21(17(28)9-13)32-11-12-4-6-14(26)7-5-12/h1-10H,11H2,(H,29,30,31)/b19-10+. The van der Waals surface area contributed by atoms with E-state index in [4.69, 9.17) is 27.9 Å². The van der Waals surface area contributed by atoms with Gasteiger partial charge in [0.1, 0.15) is 12.4 Å².